The van der Waals surface area contributed by atoms with Gasteiger partial charge in [-0.25, -0.2) is 0 Å². The van der Waals surface area contributed by atoms with Gasteiger partial charge in [0.25, 0.3) is 11.7 Å². The van der Waals surface area contributed by atoms with E-state index in [0.29, 0.717) is 31.0 Å². The smallest absolute Gasteiger partial charge is 0.295 e. The van der Waals surface area contributed by atoms with Crippen LogP contribution in [0.5, 0.6) is 5.75 Å². The van der Waals surface area contributed by atoms with Crippen molar-refractivity contribution in [2.75, 3.05) is 51.8 Å². The Morgan fingerprint density at radius 2 is 1.69 bits per heavy atom. The molecular formula is C29H39N3O4. The molecule has 0 unspecified atom stereocenters. The zero-order valence-electron chi connectivity index (χ0n) is 22.4. The van der Waals surface area contributed by atoms with E-state index < -0.39 is 17.7 Å². The monoisotopic (exact) mass is 493 g/mol. The Bertz CT molecular complexity index is 1100. The normalized spacial score (nSPS) is 17.2. The van der Waals surface area contributed by atoms with Gasteiger partial charge in [-0.1, -0.05) is 32.9 Å². The lowest BCUT2D eigenvalue weighted by molar-refractivity contribution is -0.140. The van der Waals surface area contributed by atoms with E-state index in [4.69, 9.17) is 4.74 Å². The van der Waals surface area contributed by atoms with Gasteiger partial charge in [0.05, 0.1) is 18.2 Å². The lowest BCUT2D eigenvalue weighted by atomic mass is 9.93. The van der Waals surface area contributed by atoms with Gasteiger partial charge in [-0.2, -0.15) is 0 Å². The molecule has 1 saturated heterocycles. The highest BCUT2D eigenvalue weighted by molar-refractivity contribution is 6.46. The molecule has 7 nitrogen and oxygen atoms in total. The third-order valence-corrected chi connectivity index (χ3v) is 6.74. The zero-order chi connectivity index (χ0) is 26.4. The van der Waals surface area contributed by atoms with Crippen LogP contribution in [0, 0.1) is 6.92 Å². The number of hydrogen-bond donors (Lipinski definition) is 1. The van der Waals surface area contributed by atoms with Crippen molar-refractivity contribution in [1.29, 1.82) is 0 Å². The van der Waals surface area contributed by atoms with E-state index in [0.717, 1.165) is 36.3 Å². The maximum atomic E-state index is 13.3. The third-order valence-electron chi connectivity index (χ3n) is 6.74. The van der Waals surface area contributed by atoms with E-state index in [1.165, 1.54) is 0 Å². The molecule has 2 aromatic rings. The van der Waals surface area contributed by atoms with Crippen molar-refractivity contribution >= 4 is 23.1 Å². The fourth-order valence-electron chi connectivity index (χ4n) is 4.56. The van der Waals surface area contributed by atoms with E-state index >= 15 is 0 Å². The lowest BCUT2D eigenvalue weighted by Crippen LogP contribution is -2.38. The van der Waals surface area contributed by atoms with E-state index in [2.05, 4.69) is 18.7 Å². The Balaban J connectivity index is 2.09. The molecule has 0 spiro atoms. The van der Waals surface area contributed by atoms with Crippen LogP contribution < -0.4 is 9.64 Å². The van der Waals surface area contributed by atoms with Crippen LogP contribution in [0.1, 0.15) is 49.9 Å². The molecule has 1 amide bonds. The van der Waals surface area contributed by atoms with Crippen LogP contribution in [-0.2, 0) is 9.59 Å². The van der Waals surface area contributed by atoms with E-state index in [1.54, 1.807) is 17.0 Å². The number of rotatable bonds is 11. The predicted octanol–water partition coefficient (Wildman–Crippen LogP) is 4.61. The number of carbonyl (C=O) groups excluding carboxylic acids is 2. The van der Waals surface area contributed by atoms with Crippen molar-refractivity contribution in [2.24, 2.45) is 0 Å². The molecule has 2 aromatic carbocycles. The maximum Gasteiger partial charge on any atom is 0.295 e. The number of hydrogen-bond acceptors (Lipinski definition) is 6. The van der Waals surface area contributed by atoms with E-state index in [9.17, 15) is 14.7 Å². The van der Waals surface area contributed by atoms with Crippen LogP contribution in [0.3, 0.4) is 0 Å². The lowest BCUT2D eigenvalue weighted by Gasteiger charge is -2.28. The summed E-state index contributed by atoms with van der Waals surface area (Å²) >= 11 is 0. The van der Waals surface area contributed by atoms with Crippen molar-refractivity contribution in [3.63, 3.8) is 0 Å². The molecule has 3 rings (SSSR count). The molecule has 0 saturated carbocycles. The summed E-state index contributed by atoms with van der Waals surface area (Å²) in [6.07, 6.45) is 0.893. The number of carbonyl (C=O) groups is 2. The van der Waals surface area contributed by atoms with Crippen LogP contribution in [0.4, 0.5) is 5.69 Å². The van der Waals surface area contributed by atoms with Crippen LogP contribution >= 0.6 is 0 Å². The van der Waals surface area contributed by atoms with Crippen LogP contribution in [0.15, 0.2) is 48.0 Å². The fraction of sp³-hybridized carbons (Fsp3) is 0.448. The number of aliphatic hydroxyl groups is 1. The van der Waals surface area contributed by atoms with Gasteiger partial charge in [0.1, 0.15) is 11.5 Å². The molecule has 1 fully saturated rings. The first-order valence-electron chi connectivity index (χ1n) is 12.7. The number of anilines is 1. The highest BCUT2D eigenvalue weighted by Gasteiger charge is 2.46. The highest BCUT2D eigenvalue weighted by Crippen LogP contribution is 2.40. The Labute approximate surface area is 215 Å². The molecular weight excluding hydrogens is 454 g/mol. The van der Waals surface area contributed by atoms with Crippen LogP contribution in [0.25, 0.3) is 5.76 Å². The summed E-state index contributed by atoms with van der Waals surface area (Å²) in [5, 5.41) is 11.4. The fourth-order valence-corrected chi connectivity index (χ4v) is 4.56. The van der Waals surface area contributed by atoms with E-state index in [-0.39, 0.29) is 11.3 Å². The van der Waals surface area contributed by atoms with Crippen molar-refractivity contribution in [3.05, 3.63) is 64.7 Å². The van der Waals surface area contributed by atoms with Crippen molar-refractivity contribution in [2.45, 2.75) is 40.2 Å². The Morgan fingerprint density at radius 1 is 1.03 bits per heavy atom. The standard InChI is InChI=1S/C29H39N3O4/c1-7-18-36-23-14-15-24(20(4)19-23)27(33)25-26(21-10-12-22(13-11-21)30(5)6)32(29(35)28(25)34)17-16-31(8-2)9-3/h10-15,19,26,33H,7-9,16-18H2,1-6H3/t26-/m1/s1. The summed E-state index contributed by atoms with van der Waals surface area (Å²) in [6, 6.07) is 12.5. The average Bonchev–Trinajstić information content (AvgIpc) is 3.12. The number of benzene rings is 2. The summed E-state index contributed by atoms with van der Waals surface area (Å²) in [4.78, 5) is 32.4. The highest BCUT2D eigenvalue weighted by atomic mass is 16.5. The molecule has 1 heterocycles. The van der Waals surface area contributed by atoms with Gasteiger partial charge in [-0.05, 0) is 67.9 Å². The second kappa shape index (κ2) is 12.1. The van der Waals surface area contributed by atoms with Crippen molar-refractivity contribution in [1.82, 2.24) is 9.80 Å². The van der Waals surface area contributed by atoms with Crippen LogP contribution in [0.2, 0.25) is 0 Å². The summed E-state index contributed by atoms with van der Waals surface area (Å²) in [5.74, 6) is -0.674. The zero-order valence-corrected chi connectivity index (χ0v) is 22.4. The Hall–Kier alpha value is -3.32. The first-order valence-corrected chi connectivity index (χ1v) is 12.7. The molecule has 194 valence electrons. The molecule has 1 atom stereocenters. The Kier molecular flexibility index (Phi) is 9.15. The van der Waals surface area contributed by atoms with Gasteiger partial charge >= 0.3 is 0 Å². The quantitative estimate of drug-likeness (QED) is 0.280. The predicted molar refractivity (Wildman–Crippen MR) is 145 cm³/mol. The number of likely N-dealkylation sites (N-methyl/N-ethyl adjacent to an activating group) is 1. The molecule has 1 aliphatic rings. The molecule has 1 N–H and O–H groups in total. The minimum Gasteiger partial charge on any atom is -0.507 e. The van der Waals surface area contributed by atoms with Gasteiger partial charge < -0.3 is 24.5 Å². The topological polar surface area (TPSA) is 73.3 Å². The molecule has 36 heavy (non-hydrogen) atoms. The molecule has 7 heteroatoms. The van der Waals surface area contributed by atoms with Crippen molar-refractivity contribution in [3.8, 4) is 5.75 Å². The van der Waals surface area contributed by atoms with Gasteiger partial charge in [-0.3, -0.25) is 9.59 Å². The third kappa shape index (κ3) is 5.73. The number of ketones is 1. The molecule has 0 radical (unpaired) electrons. The maximum absolute atomic E-state index is 13.3. The number of Topliss-reactive ketones (excluding diaryl/α,β-unsaturated/α-hetero) is 1. The molecule has 0 aliphatic carbocycles. The molecule has 1 aliphatic heterocycles. The minimum atomic E-state index is -0.660. The summed E-state index contributed by atoms with van der Waals surface area (Å²) in [6.45, 7) is 11.4. The number of aliphatic hydroxyl groups excluding tert-OH is 1. The SMILES string of the molecule is CCCOc1ccc(C(O)=C2C(=O)C(=O)N(CCN(CC)CC)[C@@H]2c2ccc(N(C)C)cc2)c(C)c1. The first kappa shape index (κ1) is 27.3. The number of aryl methyl sites for hydroxylation is 1. The van der Waals surface area contributed by atoms with Gasteiger partial charge in [0, 0.05) is 38.4 Å². The van der Waals surface area contributed by atoms with Gasteiger partial charge in [-0.15, -0.1) is 0 Å². The van der Waals surface area contributed by atoms with Gasteiger partial charge in [0.15, 0.2) is 0 Å². The number of amides is 1. The van der Waals surface area contributed by atoms with Crippen molar-refractivity contribution < 1.29 is 19.4 Å². The summed E-state index contributed by atoms with van der Waals surface area (Å²) in [7, 11) is 3.92. The van der Waals surface area contributed by atoms with E-state index in [1.807, 2.05) is 63.2 Å². The summed E-state index contributed by atoms with van der Waals surface area (Å²) < 4.78 is 5.71. The molecule has 0 aromatic heterocycles. The summed E-state index contributed by atoms with van der Waals surface area (Å²) in [5.41, 5.74) is 3.23. The minimum absolute atomic E-state index is 0.127. The largest absolute Gasteiger partial charge is 0.507 e. The molecule has 0 bridgehead atoms. The van der Waals surface area contributed by atoms with Crippen LogP contribution in [-0.4, -0.2) is 73.5 Å². The second-order valence-corrected chi connectivity index (χ2v) is 9.33. The number of likely N-dealkylation sites (tertiary alicyclic amines) is 1. The number of nitrogens with zero attached hydrogens (tertiary/aromatic N) is 3. The van der Waals surface area contributed by atoms with Gasteiger partial charge in [0.2, 0.25) is 0 Å². The second-order valence-electron chi connectivity index (χ2n) is 9.33. The number of ether oxygens (including phenoxy) is 1. The first-order chi connectivity index (χ1) is 17.2. The average molecular weight is 494 g/mol. The Morgan fingerprint density at radius 3 is 2.25 bits per heavy atom.